The van der Waals surface area contributed by atoms with Crippen molar-refractivity contribution in [2.45, 2.75) is 81.2 Å². The topological polar surface area (TPSA) is 0 Å². The van der Waals surface area contributed by atoms with Gasteiger partial charge in [-0.2, -0.15) is 0 Å². The third-order valence-corrected chi connectivity index (χ3v) is 62.9. The van der Waals surface area contributed by atoms with Crippen LogP contribution < -0.4 is 0 Å². The number of benzene rings is 4. The van der Waals surface area contributed by atoms with Crippen LogP contribution in [0.1, 0.15) is 87.7 Å². The zero-order valence-electron chi connectivity index (χ0n) is 29.2. The van der Waals surface area contributed by atoms with Crippen LogP contribution in [0.2, 0.25) is 13.1 Å². The van der Waals surface area contributed by atoms with Gasteiger partial charge < -0.3 is 0 Å². The molecule has 2 unspecified atom stereocenters. The Labute approximate surface area is 286 Å². The van der Waals surface area contributed by atoms with Crippen molar-refractivity contribution in [3.63, 3.8) is 0 Å². The zero-order valence-corrected chi connectivity index (χ0v) is 34.4. The van der Waals surface area contributed by atoms with Crippen molar-refractivity contribution in [1.82, 2.24) is 0 Å². The molecule has 0 saturated heterocycles. The molecule has 2 atom stereocenters. The van der Waals surface area contributed by atoms with Crippen molar-refractivity contribution in [3.05, 3.63) is 129 Å². The Hall–Kier alpha value is -1.96. The first-order valence-electron chi connectivity index (χ1n) is 16.9. The summed E-state index contributed by atoms with van der Waals surface area (Å²) < 4.78 is 0.170. The quantitative estimate of drug-likeness (QED) is 0.173. The summed E-state index contributed by atoms with van der Waals surface area (Å²) in [4.78, 5) is 0. The first-order chi connectivity index (χ1) is 21.5. The summed E-state index contributed by atoms with van der Waals surface area (Å²) in [6.07, 6.45) is 4.91. The third-order valence-electron chi connectivity index (χ3n) is 11.0. The van der Waals surface area contributed by atoms with Crippen LogP contribution in [0, 0.1) is 19.8 Å². The second-order valence-electron chi connectivity index (χ2n) is 15.7. The Morgan fingerprint density at radius 1 is 0.696 bits per heavy atom. The maximum absolute atomic E-state index is 8.64. The Morgan fingerprint density at radius 2 is 1.33 bits per heavy atom. The van der Waals surface area contributed by atoms with Crippen LogP contribution in [0.15, 0.2) is 90.0 Å². The van der Waals surface area contributed by atoms with Gasteiger partial charge in [-0.3, -0.25) is 0 Å². The van der Waals surface area contributed by atoms with Gasteiger partial charge in [-0.05, 0) is 0 Å². The van der Waals surface area contributed by atoms with Gasteiger partial charge in [0.15, 0.2) is 0 Å². The molecule has 0 aromatic heterocycles. The van der Waals surface area contributed by atoms with E-state index in [9.17, 15) is 0 Å². The third kappa shape index (κ3) is 5.35. The fourth-order valence-corrected chi connectivity index (χ4v) is 40.6. The van der Waals surface area contributed by atoms with E-state index in [4.69, 9.17) is 17.0 Å². The molecule has 0 aliphatic heterocycles. The van der Waals surface area contributed by atoms with Gasteiger partial charge in [0, 0.05) is 0 Å². The molecule has 0 saturated carbocycles. The second-order valence-corrected chi connectivity index (χ2v) is 58.2. The molecule has 0 radical (unpaired) electrons. The predicted octanol–water partition coefficient (Wildman–Crippen LogP) is 13.2. The Bertz CT molecular complexity index is 1900. The number of allylic oxidation sites excluding steroid dienone is 2. The van der Waals surface area contributed by atoms with E-state index in [0.29, 0.717) is 5.92 Å². The standard InChI is InChI=1S/C21H23.C19H19.C2H7Si.2ClH.Zr/c1-14-10-17-11-15(2)13-20(17)19(12-14)16-6-8-18(9-7-16)21(3,4)5;1-13(2)16-11-15-8-6-10-18(19(15)12-16)17-9-5-4-7-14(17)3;1-3-2;;;/h6-13H,1-5H3;4-13H,1-3H3;3H,1-2H3;2*1H;/q;;;;;+2/p-2. The monoisotopic (exact) mass is 741 g/mol. The van der Waals surface area contributed by atoms with Crippen molar-refractivity contribution in [2.24, 2.45) is 5.92 Å². The van der Waals surface area contributed by atoms with Gasteiger partial charge in [-0.1, -0.05) is 0 Å². The van der Waals surface area contributed by atoms with E-state index in [1.54, 1.807) is 0 Å². The van der Waals surface area contributed by atoms with Crippen LogP contribution in [-0.2, 0) is 21.0 Å². The van der Waals surface area contributed by atoms with E-state index >= 15 is 0 Å². The van der Waals surface area contributed by atoms with Crippen molar-refractivity contribution in [3.8, 4) is 22.3 Å². The Balaban J connectivity index is 1.57. The SMILES string of the molecule is CC1=Cc2c(-c3ccc(C(C)(C)C)cc3)cc(C)cc2[CH]1[Zr]([Cl])([Cl])([CH]1C(C(C)C)=Cc2c(-c3ccccc3C)cccc21)[SiH](C)C. The summed E-state index contributed by atoms with van der Waals surface area (Å²) in [5.41, 5.74) is 17.3. The van der Waals surface area contributed by atoms with E-state index in [0.717, 1.165) is 0 Å². The minimum absolute atomic E-state index is 0.0826. The molecule has 0 spiro atoms. The molecule has 2 aliphatic carbocycles. The first kappa shape index (κ1) is 33.9. The average molecular weight is 744 g/mol. The molecule has 0 amide bonds. The van der Waals surface area contributed by atoms with Crippen LogP contribution in [0.3, 0.4) is 0 Å². The molecule has 4 heteroatoms. The molecule has 239 valence electrons. The van der Waals surface area contributed by atoms with Crippen LogP contribution in [0.4, 0.5) is 0 Å². The minimum atomic E-state index is -4.82. The van der Waals surface area contributed by atoms with Gasteiger partial charge in [0.25, 0.3) is 0 Å². The Morgan fingerprint density at radius 3 is 1.93 bits per heavy atom. The molecule has 0 fully saturated rings. The number of halogens is 2. The van der Waals surface area contributed by atoms with Gasteiger partial charge in [0.1, 0.15) is 0 Å². The molecule has 4 aromatic rings. The number of hydrogen-bond donors (Lipinski definition) is 0. The summed E-state index contributed by atoms with van der Waals surface area (Å²) in [5, 5.41) is 0. The molecule has 4 aromatic carbocycles. The van der Waals surface area contributed by atoms with E-state index in [-0.39, 0.29) is 12.7 Å². The Kier molecular flexibility index (Phi) is 8.76. The van der Waals surface area contributed by atoms with Gasteiger partial charge in [-0.25, -0.2) is 0 Å². The summed E-state index contributed by atoms with van der Waals surface area (Å²) in [5.74, 6) is -1.28. The van der Waals surface area contributed by atoms with Gasteiger partial charge in [0.05, 0.1) is 0 Å². The molecular formula is C42H49Cl2SiZr. The molecule has 0 bridgehead atoms. The molecule has 0 nitrogen and oxygen atoms in total. The summed E-state index contributed by atoms with van der Waals surface area (Å²) in [6.45, 7) is 23.1. The van der Waals surface area contributed by atoms with Gasteiger partial charge in [0.2, 0.25) is 0 Å². The van der Waals surface area contributed by atoms with E-state index in [2.05, 4.69) is 159 Å². The van der Waals surface area contributed by atoms with Crippen molar-refractivity contribution in [2.75, 3.05) is 0 Å². The fraction of sp³-hybridized carbons (Fsp3) is 0.333. The van der Waals surface area contributed by atoms with Crippen LogP contribution >= 0.6 is 17.0 Å². The molecule has 46 heavy (non-hydrogen) atoms. The predicted molar refractivity (Wildman–Crippen MR) is 204 cm³/mol. The number of rotatable bonds is 6. The second kappa shape index (κ2) is 11.9. The van der Waals surface area contributed by atoms with Gasteiger partial charge >= 0.3 is 289 Å². The zero-order chi connectivity index (χ0) is 33.4. The van der Waals surface area contributed by atoms with Crippen molar-refractivity contribution < 1.29 is 15.6 Å². The number of fused-ring (bicyclic) bond motifs is 2. The molecule has 6 rings (SSSR count). The molecule has 0 heterocycles. The van der Waals surface area contributed by atoms with Crippen LogP contribution in [0.25, 0.3) is 34.4 Å². The van der Waals surface area contributed by atoms with Crippen LogP contribution in [-0.4, -0.2) is 5.92 Å². The summed E-state index contributed by atoms with van der Waals surface area (Å²) in [6, 6.07) is 29.6. The number of aryl methyl sites for hydroxylation is 2. The van der Waals surface area contributed by atoms with E-state index in [1.165, 1.54) is 72.3 Å². The van der Waals surface area contributed by atoms with E-state index in [1.807, 2.05) is 0 Å². The van der Waals surface area contributed by atoms with Crippen molar-refractivity contribution >= 4 is 35.1 Å². The van der Waals surface area contributed by atoms with Gasteiger partial charge in [-0.15, -0.1) is 0 Å². The summed E-state index contributed by atoms with van der Waals surface area (Å²) in [7, 11) is 17.3. The average Bonchev–Trinajstić information content (AvgIpc) is 3.56. The van der Waals surface area contributed by atoms with Crippen molar-refractivity contribution in [1.29, 1.82) is 0 Å². The fourth-order valence-electron chi connectivity index (χ4n) is 8.39. The normalized spacial score (nSPS) is 18.7. The first-order valence-corrected chi connectivity index (χ1v) is 33.3. The molecule has 2 aliphatic rings. The summed E-state index contributed by atoms with van der Waals surface area (Å²) >= 11 is -4.82. The van der Waals surface area contributed by atoms with Crippen LogP contribution in [0.5, 0.6) is 0 Å². The van der Waals surface area contributed by atoms with E-state index < -0.39 is 21.5 Å². The molecular weight excluding hydrogens is 695 g/mol. The number of hydrogen-bond acceptors (Lipinski definition) is 0. The maximum atomic E-state index is 8.64. The molecule has 0 N–H and O–H groups in total.